The molecule has 1 fully saturated rings. The Hall–Kier alpha value is -0.570. The van der Waals surface area contributed by atoms with Gasteiger partial charge in [0.15, 0.2) is 0 Å². The van der Waals surface area contributed by atoms with E-state index in [4.69, 9.17) is 11.6 Å². The van der Waals surface area contributed by atoms with Gasteiger partial charge in [0.2, 0.25) is 0 Å². The molecule has 0 saturated carbocycles. The molecule has 0 aliphatic carbocycles. The van der Waals surface area contributed by atoms with Crippen LogP contribution in [0.1, 0.15) is 18.9 Å². The number of hydrogen-bond donors (Lipinski definition) is 0. The smallest absolute Gasteiger partial charge is 0.0451 e. The summed E-state index contributed by atoms with van der Waals surface area (Å²) < 4.78 is 0. The molecule has 1 aliphatic rings. The lowest BCUT2D eigenvalue weighted by atomic mass is 10.2. The molecule has 0 unspecified atom stereocenters. The molecule has 0 spiro atoms. The Kier molecular flexibility index (Phi) is 4.84. The van der Waals surface area contributed by atoms with Crippen LogP contribution in [0.5, 0.6) is 0 Å². The first kappa shape index (κ1) is 12.9. The summed E-state index contributed by atoms with van der Waals surface area (Å²) in [6.45, 7) is 9.17. The summed E-state index contributed by atoms with van der Waals surface area (Å²) in [5.41, 5.74) is 1.25. The Labute approximate surface area is 109 Å². The molecule has 1 aromatic rings. The molecule has 2 rings (SSSR count). The van der Waals surface area contributed by atoms with Crippen LogP contribution in [0.15, 0.2) is 24.3 Å². The summed E-state index contributed by atoms with van der Waals surface area (Å²) >= 11 is 6.18. The Morgan fingerprint density at radius 3 is 2.35 bits per heavy atom. The van der Waals surface area contributed by atoms with Crippen molar-refractivity contribution >= 4 is 11.6 Å². The fourth-order valence-corrected chi connectivity index (χ4v) is 2.55. The predicted molar refractivity (Wildman–Crippen MR) is 73.5 cm³/mol. The van der Waals surface area contributed by atoms with E-state index in [1.54, 1.807) is 0 Å². The van der Waals surface area contributed by atoms with Gasteiger partial charge >= 0.3 is 0 Å². The molecular weight excluding hydrogens is 232 g/mol. The van der Waals surface area contributed by atoms with Crippen LogP contribution in [-0.4, -0.2) is 42.5 Å². The van der Waals surface area contributed by atoms with Crippen LogP contribution in [0, 0.1) is 0 Å². The lowest BCUT2D eigenvalue weighted by Gasteiger charge is -2.34. The van der Waals surface area contributed by atoms with Gasteiger partial charge in [0.1, 0.15) is 0 Å². The maximum absolute atomic E-state index is 6.18. The molecule has 3 heteroatoms. The largest absolute Gasteiger partial charge is 0.301 e. The Morgan fingerprint density at radius 1 is 1.06 bits per heavy atom. The van der Waals surface area contributed by atoms with Gasteiger partial charge in [-0.15, -0.1) is 0 Å². The van der Waals surface area contributed by atoms with Crippen LogP contribution >= 0.6 is 11.6 Å². The summed E-state index contributed by atoms with van der Waals surface area (Å²) in [7, 11) is 0. The quantitative estimate of drug-likeness (QED) is 0.813. The molecule has 1 heterocycles. The first-order chi connectivity index (χ1) is 8.29. The summed E-state index contributed by atoms with van der Waals surface area (Å²) in [5.74, 6) is 0. The average molecular weight is 253 g/mol. The van der Waals surface area contributed by atoms with E-state index in [1.807, 2.05) is 12.1 Å². The van der Waals surface area contributed by atoms with Gasteiger partial charge in [-0.1, -0.05) is 36.7 Å². The van der Waals surface area contributed by atoms with Gasteiger partial charge in [-0.05, 0) is 24.6 Å². The average Bonchev–Trinajstić information content (AvgIpc) is 2.35. The van der Waals surface area contributed by atoms with Crippen molar-refractivity contribution in [3.63, 3.8) is 0 Å². The number of halogens is 1. The second-order valence-electron chi connectivity index (χ2n) is 4.71. The molecule has 0 aromatic heterocycles. The molecule has 2 nitrogen and oxygen atoms in total. The van der Waals surface area contributed by atoms with Crippen LogP contribution < -0.4 is 0 Å². The standard InChI is InChI=1S/C14H21ClN2/c1-2-7-16-8-10-17(11-9-16)12-13-5-3-4-6-14(13)15/h3-6H,2,7-12H2,1H3. The van der Waals surface area contributed by atoms with Crippen LogP contribution in [-0.2, 0) is 6.54 Å². The van der Waals surface area contributed by atoms with Crippen LogP contribution in [0.2, 0.25) is 5.02 Å². The van der Waals surface area contributed by atoms with Gasteiger partial charge in [-0.2, -0.15) is 0 Å². The Bertz CT molecular complexity index is 346. The van der Waals surface area contributed by atoms with Gasteiger partial charge in [-0.3, -0.25) is 4.90 Å². The zero-order chi connectivity index (χ0) is 12.1. The second-order valence-corrected chi connectivity index (χ2v) is 5.12. The first-order valence-electron chi connectivity index (χ1n) is 6.47. The Morgan fingerprint density at radius 2 is 1.71 bits per heavy atom. The highest BCUT2D eigenvalue weighted by Gasteiger charge is 2.16. The van der Waals surface area contributed by atoms with E-state index in [0.717, 1.165) is 24.7 Å². The normalized spacial score (nSPS) is 18.5. The summed E-state index contributed by atoms with van der Waals surface area (Å²) in [6, 6.07) is 8.16. The molecule has 0 amide bonds. The van der Waals surface area contributed by atoms with E-state index in [2.05, 4.69) is 28.9 Å². The molecule has 0 atom stereocenters. The third-order valence-corrected chi connectivity index (χ3v) is 3.73. The lowest BCUT2D eigenvalue weighted by molar-refractivity contribution is 0.127. The van der Waals surface area contributed by atoms with Crippen LogP contribution in [0.4, 0.5) is 0 Å². The van der Waals surface area contributed by atoms with E-state index >= 15 is 0 Å². The molecule has 0 radical (unpaired) electrons. The third kappa shape index (κ3) is 3.70. The molecule has 0 N–H and O–H groups in total. The minimum absolute atomic E-state index is 0.892. The Balaban J connectivity index is 1.84. The van der Waals surface area contributed by atoms with Crippen molar-refractivity contribution in [3.8, 4) is 0 Å². The molecule has 1 aromatic carbocycles. The van der Waals surface area contributed by atoms with Crippen LogP contribution in [0.25, 0.3) is 0 Å². The highest BCUT2D eigenvalue weighted by Crippen LogP contribution is 2.17. The maximum Gasteiger partial charge on any atom is 0.0451 e. The third-order valence-electron chi connectivity index (χ3n) is 3.36. The van der Waals surface area contributed by atoms with Gasteiger partial charge in [0.05, 0.1) is 0 Å². The molecule has 1 saturated heterocycles. The summed E-state index contributed by atoms with van der Waals surface area (Å²) in [4.78, 5) is 5.04. The SMILES string of the molecule is CCCN1CCN(Cc2ccccc2Cl)CC1. The van der Waals surface area contributed by atoms with Crippen molar-refractivity contribution in [3.05, 3.63) is 34.9 Å². The monoisotopic (exact) mass is 252 g/mol. The van der Waals surface area contributed by atoms with Gasteiger partial charge < -0.3 is 4.90 Å². The van der Waals surface area contributed by atoms with E-state index in [9.17, 15) is 0 Å². The number of rotatable bonds is 4. The fraction of sp³-hybridized carbons (Fsp3) is 0.571. The zero-order valence-electron chi connectivity index (χ0n) is 10.5. The fourth-order valence-electron chi connectivity index (χ4n) is 2.35. The molecule has 17 heavy (non-hydrogen) atoms. The van der Waals surface area contributed by atoms with Gasteiger partial charge in [0.25, 0.3) is 0 Å². The minimum Gasteiger partial charge on any atom is -0.301 e. The molecule has 94 valence electrons. The van der Waals surface area contributed by atoms with Crippen molar-refractivity contribution in [1.29, 1.82) is 0 Å². The number of nitrogens with zero attached hydrogens (tertiary/aromatic N) is 2. The number of piperazine rings is 1. The zero-order valence-corrected chi connectivity index (χ0v) is 11.3. The van der Waals surface area contributed by atoms with E-state index in [-0.39, 0.29) is 0 Å². The minimum atomic E-state index is 0.892. The molecular formula is C14H21ClN2. The van der Waals surface area contributed by atoms with Crippen molar-refractivity contribution < 1.29 is 0 Å². The maximum atomic E-state index is 6.18. The highest BCUT2D eigenvalue weighted by molar-refractivity contribution is 6.31. The van der Waals surface area contributed by atoms with Gasteiger partial charge in [0, 0.05) is 37.7 Å². The summed E-state index contributed by atoms with van der Waals surface area (Å²) in [5, 5.41) is 0.892. The summed E-state index contributed by atoms with van der Waals surface area (Å²) in [6.07, 6.45) is 1.25. The van der Waals surface area contributed by atoms with E-state index in [1.165, 1.54) is 31.6 Å². The van der Waals surface area contributed by atoms with Crippen molar-refractivity contribution in [2.75, 3.05) is 32.7 Å². The highest BCUT2D eigenvalue weighted by atomic mass is 35.5. The van der Waals surface area contributed by atoms with Crippen molar-refractivity contribution in [1.82, 2.24) is 9.80 Å². The molecule has 0 bridgehead atoms. The van der Waals surface area contributed by atoms with Crippen molar-refractivity contribution in [2.45, 2.75) is 19.9 Å². The number of benzene rings is 1. The number of hydrogen-bond acceptors (Lipinski definition) is 2. The predicted octanol–water partition coefficient (Wildman–Crippen LogP) is 2.87. The first-order valence-corrected chi connectivity index (χ1v) is 6.85. The molecule has 1 aliphatic heterocycles. The van der Waals surface area contributed by atoms with Crippen LogP contribution in [0.3, 0.4) is 0 Å². The van der Waals surface area contributed by atoms with Crippen molar-refractivity contribution in [2.24, 2.45) is 0 Å². The van der Waals surface area contributed by atoms with E-state index < -0.39 is 0 Å². The topological polar surface area (TPSA) is 6.48 Å². The van der Waals surface area contributed by atoms with Gasteiger partial charge in [-0.25, -0.2) is 0 Å². The van der Waals surface area contributed by atoms with E-state index in [0.29, 0.717) is 0 Å². The lowest BCUT2D eigenvalue weighted by Crippen LogP contribution is -2.45. The second kappa shape index (κ2) is 6.39.